The van der Waals surface area contributed by atoms with Crippen LogP contribution in [-0.2, 0) is 0 Å². The summed E-state index contributed by atoms with van der Waals surface area (Å²) in [7, 11) is 0. The summed E-state index contributed by atoms with van der Waals surface area (Å²) < 4.78 is 28.3. The Balaban J connectivity index is 1.82. The summed E-state index contributed by atoms with van der Waals surface area (Å²) in [6.07, 6.45) is 8.20. The van der Waals surface area contributed by atoms with Crippen molar-refractivity contribution in [2.75, 3.05) is 6.54 Å². The Morgan fingerprint density at radius 3 is 2.52 bits per heavy atom. The van der Waals surface area contributed by atoms with Crippen molar-refractivity contribution in [1.82, 2.24) is 5.32 Å². The van der Waals surface area contributed by atoms with E-state index < -0.39 is 11.6 Å². The maximum absolute atomic E-state index is 14.4. The molecule has 1 nitrogen and oxygen atoms in total. The smallest absolute Gasteiger partial charge is 0.162 e. The van der Waals surface area contributed by atoms with Gasteiger partial charge in [0, 0.05) is 6.04 Å². The molecule has 0 amide bonds. The van der Waals surface area contributed by atoms with Crippen molar-refractivity contribution in [3.63, 3.8) is 0 Å². The normalized spacial score (nSPS) is 26.6. The molecule has 0 saturated heterocycles. The van der Waals surface area contributed by atoms with Crippen LogP contribution in [0.1, 0.15) is 62.0 Å². The Morgan fingerprint density at radius 2 is 1.76 bits per heavy atom. The molecule has 116 valence electrons. The van der Waals surface area contributed by atoms with E-state index in [9.17, 15) is 8.78 Å². The first-order chi connectivity index (χ1) is 10.2. The quantitative estimate of drug-likeness (QED) is 0.794. The van der Waals surface area contributed by atoms with Crippen molar-refractivity contribution >= 4 is 0 Å². The average molecular weight is 293 g/mol. The Hall–Kier alpha value is -0.960. The molecule has 1 aromatic carbocycles. The molecule has 0 radical (unpaired) electrons. The van der Waals surface area contributed by atoms with E-state index in [1.54, 1.807) is 13.0 Å². The van der Waals surface area contributed by atoms with E-state index >= 15 is 0 Å². The van der Waals surface area contributed by atoms with Gasteiger partial charge in [0.2, 0.25) is 0 Å². The summed E-state index contributed by atoms with van der Waals surface area (Å²) in [5.74, 6) is -0.678. The first-order valence-electron chi connectivity index (χ1n) is 8.34. The van der Waals surface area contributed by atoms with Gasteiger partial charge >= 0.3 is 0 Å². The number of benzene rings is 1. The molecular weight excluding hydrogens is 268 g/mol. The molecule has 0 aromatic heterocycles. The van der Waals surface area contributed by atoms with Gasteiger partial charge < -0.3 is 5.32 Å². The molecule has 2 saturated carbocycles. The molecule has 0 heterocycles. The van der Waals surface area contributed by atoms with Gasteiger partial charge in [-0.15, -0.1) is 0 Å². The molecule has 2 aliphatic carbocycles. The minimum atomic E-state index is -0.661. The lowest BCUT2D eigenvalue weighted by molar-refractivity contribution is 0.360. The van der Waals surface area contributed by atoms with Crippen LogP contribution in [-0.4, -0.2) is 12.6 Å². The summed E-state index contributed by atoms with van der Waals surface area (Å²) >= 11 is 0. The highest BCUT2D eigenvalue weighted by molar-refractivity contribution is 5.29. The van der Waals surface area contributed by atoms with E-state index in [0.29, 0.717) is 23.1 Å². The lowest BCUT2D eigenvalue weighted by atomic mass is 9.81. The minimum Gasteiger partial charge on any atom is -0.314 e. The van der Waals surface area contributed by atoms with E-state index in [1.807, 2.05) is 6.07 Å². The third-order valence-corrected chi connectivity index (χ3v) is 5.11. The molecular formula is C18H25F2N. The molecule has 2 atom stereocenters. The Kier molecular flexibility index (Phi) is 4.58. The summed E-state index contributed by atoms with van der Waals surface area (Å²) in [4.78, 5) is 0. The van der Waals surface area contributed by atoms with Gasteiger partial charge in [0.1, 0.15) is 0 Å². The third-order valence-electron chi connectivity index (χ3n) is 5.11. The van der Waals surface area contributed by atoms with E-state index in [4.69, 9.17) is 0 Å². The summed E-state index contributed by atoms with van der Waals surface area (Å²) in [6, 6.07) is 4.21. The van der Waals surface area contributed by atoms with Gasteiger partial charge in [-0.1, -0.05) is 31.4 Å². The Labute approximate surface area is 126 Å². The molecule has 1 N–H and O–H groups in total. The van der Waals surface area contributed by atoms with Crippen molar-refractivity contribution in [2.45, 2.75) is 63.8 Å². The fraction of sp³-hybridized carbons (Fsp3) is 0.667. The first kappa shape index (κ1) is 15.0. The van der Waals surface area contributed by atoms with Gasteiger partial charge in [0.15, 0.2) is 11.6 Å². The standard InChI is InChI=1S/C18H25F2N/c1-12-7-10-16(18(20)17(12)19)15-6-4-2-3-5-13(15)11-21-14-8-9-14/h7,10,13-15,21H,2-6,8-9,11H2,1H3. The van der Waals surface area contributed by atoms with Crippen LogP contribution in [0, 0.1) is 24.5 Å². The topological polar surface area (TPSA) is 12.0 Å². The van der Waals surface area contributed by atoms with Crippen molar-refractivity contribution in [1.29, 1.82) is 0 Å². The Morgan fingerprint density at radius 1 is 1.00 bits per heavy atom. The average Bonchev–Trinajstić information content (AvgIpc) is 3.30. The number of halogens is 2. The van der Waals surface area contributed by atoms with Gasteiger partial charge in [-0.05, 0) is 62.1 Å². The van der Waals surface area contributed by atoms with Crippen molar-refractivity contribution in [3.8, 4) is 0 Å². The zero-order chi connectivity index (χ0) is 14.8. The van der Waals surface area contributed by atoms with Crippen LogP contribution in [0.3, 0.4) is 0 Å². The number of hydrogen-bond acceptors (Lipinski definition) is 1. The number of nitrogens with one attached hydrogen (secondary N) is 1. The van der Waals surface area contributed by atoms with Crippen molar-refractivity contribution in [2.24, 2.45) is 5.92 Å². The zero-order valence-electron chi connectivity index (χ0n) is 12.8. The van der Waals surface area contributed by atoms with Gasteiger partial charge in [-0.2, -0.15) is 0 Å². The number of hydrogen-bond donors (Lipinski definition) is 1. The highest BCUT2D eigenvalue weighted by atomic mass is 19.2. The van der Waals surface area contributed by atoms with E-state index in [2.05, 4.69) is 5.32 Å². The van der Waals surface area contributed by atoms with Crippen LogP contribution in [0.15, 0.2) is 12.1 Å². The molecule has 3 rings (SSSR count). The van der Waals surface area contributed by atoms with Crippen molar-refractivity contribution in [3.05, 3.63) is 34.9 Å². The molecule has 21 heavy (non-hydrogen) atoms. The highest BCUT2D eigenvalue weighted by Gasteiger charge is 2.30. The van der Waals surface area contributed by atoms with Crippen molar-refractivity contribution < 1.29 is 8.78 Å². The monoisotopic (exact) mass is 293 g/mol. The number of aryl methyl sites for hydroxylation is 1. The third kappa shape index (κ3) is 3.45. The molecule has 0 spiro atoms. The van der Waals surface area contributed by atoms with Crippen LogP contribution in [0.5, 0.6) is 0 Å². The minimum absolute atomic E-state index is 0.161. The van der Waals surface area contributed by atoms with Gasteiger partial charge in [0.25, 0.3) is 0 Å². The summed E-state index contributed by atoms with van der Waals surface area (Å²) in [5.41, 5.74) is 1.00. The van der Waals surface area contributed by atoms with Crippen LogP contribution in [0.2, 0.25) is 0 Å². The maximum Gasteiger partial charge on any atom is 0.162 e. The van der Waals surface area contributed by atoms with Crippen LogP contribution >= 0.6 is 0 Å². The second kappa shape index (κ2) is 6.43. The number of rotatable bonds is 4. The van der Waals surface area contributed by atoms with Crippen LogP contribution < -0.4 is 5.32 Å². The van der Waals surface area contributed by atoms with Gasteiger partial charge in [-0.25, -0.2) is 8.78 Å². The second-order valence-corrected chi connectivity index (χ2v) is 6.79. The summed E-state index contributed by atoms with van der Waals surface area (Å²) in [6.45, 7) is 2.58. The first-order valence-corrected chi connectivity index (χ1v) is 8.34. The Bertz CT molecular complexity index is 496. The molecule has 2 unspecified atom stereocenters. The SMILES string of the molecule is Cc1ccc(C2CCCCCC2CNC2CC2)c(F)c1F. The van der Waals surface area contributed by atoms with E-state index in [0.717, 1.165) is 25.8 Å². The van der Waals surface area contributed by atoms with E-state index in [-0.39, 0.29) is 5.92 Å². The molecule has 2 aliphatic rings. The lowest BCUT2D eigenvalue weighted by Gasteiger charge is -2.26. The molecule has 1 aromatic rings. The predicted octanol–water partition coefficient (Wildman–Crippen LogP) is 4.69. The maximum atomic E-state index is 14.4. The predicted molar refractivity (Wildman–Crippen MR) is 81.4 cm³/mol. The fourth-order valence-electron chi connectivity index (χ4n) is 3.59. The van der Waals surface area contributed by atoms with Gasteiger partial charge in [-0.3, -0.25) is 0 Å². The second-order valence-electron chi connectivity index (χ2n) is 6.79. The molecule has 0 bridgehead atoms. The van der Waals surface area contributed by atoms with Crippen LogP contribution in [0.4, 0.5) is 8.78 Å². The van der Waals surface area contributed by atoms with Gasteiger partial charge in [0.05, 0.1) is 0 Å². The van der Waals surface area contributed by atoms with Crippen LogP contribution in [0.25, 0.3) is 0 Å². The molecule has 3 heteroatoms. The molecule has 0 aliphatic heterocycles. The molecule has 2 fully saturated rings. The highest BCUT2D eigenvalue weighted by Crippen LogP contribution is 2.38. The lowest BCUT2D eigenvalue weighted by Crippen LogP contribution is -2.29. The summed E-state index contributed by atoms with van der Waals surface area (Å²) in [5, 5.41) is 3.58. The largest absolute Gasteiger partial charge is 0.314 e. The van der Waals surface area contributed by atoms with E-state index in [1.165, 1.54) is 25.7 Å². The zero-order valence-corrected chi connectivity index (χ0v) is 12.8. The fourth-order valence-corrected chi connectivity index (χ4v) is 3.59.